The van der Waals surface area contributed by atoms with E-state index in [9.17, 15) is 0 Å². The third kappa shape index (κ3) is 15.7. The first-order valence-electron chi connectivity index (χ1n) is 3.91. The molecule has 0 unspecified atom stereocenters. The molecule has 0 aliphatic heterocycles. The molecule has 0 bridgehead atoms. The van der Waals surface area contributed by atoms with E-state index >= 15 is 0 Å². The Bertz CT molecular complexity index is 28.2. The molecule has 1 aliphatic rings. The monoisotopic (exact) mass is 148 g/mol. The standard InChI is InChI=1S/C4H8.C4H10.2H3N/c1-2-4-3-1;1-3-4-2;;/h1-4H2;3-4H2,1-2H3;2*1H3. The summed E-state index contributed by atoms with van der Waals surface area (Å²) in [5.41, 5.74) is 0. The molecule has 1 fully saturated rings. The fourth-order valence-corrected chi connectivity index (χ4v) is 0.250. The molecule has 0 saturated heterocycles. The molecule has 6 N–H and O–H groups in total. The summed E-state index contributed by atoms with van der Waals surface area (Å²) in [7, 11) is 0. The Labute approximate surface area is 65.6 Å². The average Bonchev–Trinajstić information content (AvgIpc) is 1.61. The lowest BCUT2D eigenvalue weighted by atomic mass is 10.0. The van der Waals surface area contributed by atoms with Gasteiger partial charge in [0, 0.05) is 0 Å². The van der Waals surface area contributed by atoms with Crippen molar-refractivity contribution in [1.29, 1.82) is 0 Å². The molecule has 2 heteroatoms. The summed E-state index contributed by atoms with van der Waals surface area (Å²) in [6, 6.07) is 0. The molecular formula is C8H24N2. The maximum Gasteiger partial charge on any atom is -0.0533 e. The minimum absolute atomic E-state index is 0. The molecule has 1 aliphatic carbocycles. The van der Waals surface area contributed by atoms with Crippen molar-refractivity contribution >= 4 is 0 Å². The highest BCUT2D eigenvalue weighted by atomic mass is 14.0. The van der Waals surface area contributed by atoms with E-state index < -0.39 is 0 Å². The molecule has 1 rings (SSSR count). The van der Waals surface area contributed by atoms with E-state index in [0.29, 0.717) is 0 Å². The molecule has 0 atom stereocenters. The van der Waals surface area contributed by atoms with Gasteiger partial charge in [-0.3, -0.25) is 0 Å². The first-order chi connectivity index (χ1) is 3.91. The van der Waals surface area contributed by atoms with Gasteiger partial charge in [-0.05, 0) is 0 Å². The summed E-state index contributed by atoms with van der Waals surface area (Å²) >= 11 is 0. The molecule has 0 aromatic carbocycles. The van der Waals surface area contributed by atoms with Crippen LogP contribution in [0.3, 0.4) is 0 Å². The van der Waals surface area contributed by atoms with Gasteiger partial charge in [-0.1, -0.05) is 52.4 Å². The van der Waals surface area contributed by atoms with Gasteiger partial charge in [0.1, 0.15) is 0 Å². The van der Waals surface area contributed by atoms with Gasteiger partial charge in [0.15, 0.2) is 0 Å². The first-order valence-corrected chi connectivity index (χ1v) is 3.91. The Hall–Kier alpha value is -0.0800. The van der Waals surface area contributed by atoms with Crippen LogP contribution in [-0.2, 0) is 0 Å². The maximum absolute atomic E-state index is 2.18. The van der Waals surface area contributed by atoms with Crippen molar-refractivity contribution in [2.24, 2.45) is 0 Å². The SMILES string of the molecule is C1CCC1.CCCC.N.N. The van der Waals surface area contributed by atoms with Gasteiger partial charge in [-0.15, -0.1) is 0 Å². The van der Waals surface area contributed by atoms with Gasteiger partial charge in [0.05, 0.1) is 0 Å². The normalized spacial score (nSPS) is 12.6. The van der Waals surface area contributed by atoms with Crippen LogP contribution in [0, 0.1) is 0 Å². The van der Waals surface area contributed by atoms with E-state index in [0.717, 1.165) is 0 Å². The highest BCUT2D eigenvalue weighted by molar-refractivity contribution is 4.50. The summed E-state index contributed by atoms with van der Waals surface area (Å²) in [4.78, 5) is 0. The van der Waals surface area contributed by atoms with Crippen LogP contribution in [0.1, 0.15) is 52.4 Å². The predicted molar refractivity (Wildman–Crippen MR) is 49.1 cm³/mol. The van der Waals surface area contributed by atoms with E-state index in [1.807, 2.05) is 0 Å². The second-order valence-electron chi connectivity index (χ2n) is 2.41. The maximum atomic E-state index is 2.18. The lowest BCUT2D eigenvalue weighted by molar-refractivity contribution is 0.504. The summed E-state index contributed by atoms with van der Waals surface area (Å²) in [6.07, 6.45) is 8.64. The summed E-state index contributed by atoms with van der Waals surface area (Å²) < 4.78 is 0. The van der Waals surface area contributed by atoms with Crippen LogP contribution >= 0.6 is 0 Å². The highest BCUT2D eigenvalue weighted by Gasteiger charge is 1.95. The quantitative estimate of drug-likeness (QED) is 0.595. The minimum atomic E-state index is 0. The number of unbranched alkanes of at least 4 members (excludes halogenated alkanes) is 1. The van der Waals surface area contributed by atoms with Gasteiger partial charge in [-0.25, -0.2) is 0 Å². The van der Waals surface area contributed by atoms with Crippen LogP contribution < -0.4 is 12.3 Å². The van der Waals surface area contributed by atoms with E-state index in [1.54, 1.807) is 0 Å². The van der Waals surface area contributed by atoms with Crippen molar-refractivity contribution in [2.45, 2.75) is 52.4 Å². The fourth-order valence-electron chi connectivity index (χ4n) is 0.250. The third-order valence-electron chi connectivity index (χ3n) is 1.50. The molecule has 10 heavy (non-hydrogen) atoms. The topological polar surface area (TPSA) is 70.0 Å². The first kappa shape index (κ1) is 16.5. The van der Waals surface area contributed by atoms with Crippen LogP contribution in [-0.4, -0.2) is 0 Å². The largest absolute Gasteiger partial charge is 0.344 e. The predicted octanol–water partition coefficient (Wildman–Crippen LogP) is 3.69. The summed E-state index contributed by atoms with van der Waals surface area (Å²) in [6.45, 7) is 4.36. The van der Waals surface area contributed by atoms with E-state index in [4.69, 9.17) is 0 Å². The van der Waals surface area contributed by atoms with Gasteiger partial charge < -0.3 is 12.3 Å². The second-order valence-corrected chi connectivity index (χ2v) is 2.41. The fraction of sp³-hybridized carbons (Fsp3) is 1.00. The Morgan fingerprint density at radius 3 is 0.900 bits per heavy atom. The lowest BCUT2D eigenvalue weighted by Crippen LogP contribution is -1.85. The van der Waals surface area contributed by atoms with Crippen LogP contribution in [0.15, 0.2) is 0 Å². The third-order valence-corrected chi connectivity index (χ3v) is 1.50. The number of hydrogen-bond acceptors (Lipinski definition) is 2. The van der Waals surface area contributed by atoms with Crippen LogP contribution in [0.4, 0.5) is 0 Å². The smallest absolute Gasteiger partial charge is 0.0533 e. The molecule has 0 radical (unpaired) electrons. The number of hydrogen-bond donors (Lipinski definition) is 2. The van der Waals surface area contributed by atoms with Crippen LogP contribution in [0.2, 0.25) is 0 Å². The Morgan fingerprint density at radius 1 is 0.700 bits per heavy atom. The Balaban J connectivity index is -0.0000000817. The van der Waals surface area contributed by atoms with Crippen molar-refractivity contribution < 1.29 is 0 Å². The zero-order chi connectivity index (χ0) is 6.24. The van der Waals surface area contributed by atoms with Crippen molar-refractivity contribution in [2.75, 3.05) is 0 Å². The number of rotatable bonds is 1. The summed E-state index contributed by atoms with van der Waals surface area (Å²) in [5.74, 6) is 0. The van der Waals surface area contributed by atoms with Gasteiger partial charge in [0.25, 0.3) is 0 Å². The van der Waals surface area contributed by atoms with Gasteiger partial charge >= 0.3 is 0 Å². The molecule has 0 aromatic heterocycles. The second kappa shape index (κ2) is 16.0. The van der Waals surface area contributed by atoms with Gasteiger partial charge in [-0.2, -0.15) is 0 Å². The van der Waals surface area contributed by atoms with Crippen molar-refractivity contribution in [3.05, 3.63) is 0 Å². The molecule has 0 amide bonds. The minimum Gasteiger partial charge on any atom is -0.344 e. The van der Waals surface area contributed by atoms with E-state index in [2.05, 4.69) is 13.8 Å². The molecule has 0 aromatic rings. The lowest BCUT2D eigenvalue weighted by Gasteiger charge is -2.05. The van der Waals surface area contributed by atoms with Gasteiger partial charge in [0.2, 0.25) is 0 Å². The Kier molecular flexibility index (Phi) is 26.3. The molecule has 1 saturated carbocycles. The molecule has 2 nitrogen and oxygen atoms in total. The zero-order valence-electron chi connectivity index (χ0n) is 7.66. The highest BCUT2D eigenvalue weighted by Crippen LogP contribution is 2.15. The molecular weight excluding hydrogens is 124 g/mol. The average molecular weight is 148 g/mol. The molecule has 0 heterocycles. The van der Waals surface area contributed by atoms with Crippen molar-refractivity contribution in [3.8, 4) is 0 Å². The van der Waals surface area contributed by atoms with Crippen molar-refractivity contribution in [3.63, 3.8) is 0 Å². The van der Waals surface area contributed by atoms with E-state index in [-0.39, 0.29) is 12.3 Å². The molecule has 0 spiro atoms. The van der Waals surface area contributed by atoms with Crippen LogP contribution in [0.5, 0.6) is 0 Å². The zero-order valence-corrected chi connectivity index (χ0v) is 7.66. The van der Waals surface area contributed by atoms with Crippen molar-refractivity contribution in [1.82, 2.24) is 12.3 Å². The van der Waals surface area contributed by atoms with E-state index in [1.165, 1.54) is 38.5 Å². The Morgan fingerprint density at radius 2 is 0.900 bits per heavy atom. The molecule has 66 valence electrons. The summed E-state index contributed by atoms with van der Waals surface area (Å²) in [5, 5.41) is 0. The van der Waals surface area contributed by atoms with Crippen LogP contribution in [0.25, 0.3) is 0 Å².